The highest BCUT2D eigenvalue weighted by atomic mass is 16.5. The second-order valence-electron chi connectivity index (χ2n) is 7.58. The zero-order valence-corrected chi connectivity index (χ0v) is 16.8. The summed E-state index contributed by atoms with van der Waals surface area (Å²) in [5.74, 6) is 1.65. The van der Waals surface area contributed by atoms with Crippen LogP contribution in [0.1, 0.15) is 43.9 Å². The lowest BCUT2D eigenvalue weighted by molar-refractivity contribution is -0.116. The van der Waals surface area contributed by atoms with Crippen LogP contribution >= 0.6 is 0 Å². The Morgan fingerprint density at radius 3 is 2.89 bits per heavy atom. The molecule has 0 unspecified atom stereocenters. The van der Waals surface area contributed by atoms with Gasteiger partial charge < -0.3 is 19.6 Å². The molecule has 2 aromatic heterocycles. The molecule has 0 bridgehead atoms. The van der Waals surface area contributed by atoms with Crippen molar-refractivity contribution in [1.29, 1.82) is 0 Å². The van der Waals surface area contributed by atoms with E-state index in [9.17, 15) is 4.79 Å². The summed E-state index contributed by atoms with van der Waals surface area (Å²) in [4.78, 5) is 20.7. The van der Waals surface area contributed by atoms with Crippen LogP contribution in [0, 0.1) is 13.8 Å². The van der Waals surface area contributed by atoms with Crippen LogP contribution in [0.3, 0.4) is 0 Å². The Bertz CT molecular complexity index is 963. The highest BCUT2D eigenvalue weighted by Crippen LogP contribution is 2.36. The second-order valence-corrected chi connectivity index (χ2v) is 7.58. The number of para-hydroxylation sites is 2. The first kappa shape index (κ1) is 18.7. The Kier molecular flexibility index (Phi) is 5.22. The van der Waals surface area contributed by atoms with Crippen LogP contribution in [-0.4, -0.2) is 33.2 Å². The molecule has 2 N–H and O–H groups in total. The van der Waals surface area contributed by atoms with Crippen molar-refractivity contribution in [1.82, 2.24) is 14.5 Å². The number of amides is 1. The lowest BCUT2D eigenvalue weighted by Gasteiger charge is -2.17. The maximum Gasteiger partial charge on any atom is 0.225 e. The number of H-pyrrole nitrogens is 1. The Labute approximate surface area is 165 Å². The number of hydrogen-bond donors (Lipinski definition) is 2. The van der Waals surface area contributed by atoms with Crippen molar-refractivity contribution in [3.63, 3.8) is 0 Å². The van der Waals surface area contributed by atoms with Crippen LogP contribution in [0.4, 0.5) is 5.82 Å². The third-order valence-corrected chi connectivity index (χ3v) is 5.60. The molecule has 0 radical (unpaired) electrons. The number of hydrogen-bond acceptors (Lipinski definition) is 3. The van der Waals surface area contributed by atoms with Gasteiger partial charge in [0.05, 0.1) is 29.2 Å². The van der Waals surface area contributed by atoms with E-state index in [1.807, 2.05) is 31.2 Å². The quantitative estimate of drug-likeness (QED) is 0.658. The van der Waals surface area contributed by atoms with Gasteiger partial charge in [0, 0.05) is 18.7 Å². The second kappa shape index (κ2) is 7.80. The highest BCUT2D eigenvalue weighted by Gasteiger charge is 2.26. The standard InChI is InChI=1S/C22H28N4O2/c1-4-8-19(27)25-22-20(21-23-17-10-5-6-11-18(17)24-21)14(2)15(3)26(22)13-16-9-7-12-28-16/h5-6,10-11,16H,4,7-9,12-13H2,1-3H3,(H,23,24)(H,25,27)/t16-/m0/s1. The summed E-state index contributed by atoms with van der Waals surface area (Å²) in [6.45, 7) is 7.78. The Morgan fingerprint density at radius 1 is 1.36 bits per heavy atom. The average Bonchev–Trinajstić information content (AvgIpc) is 3.38. The van der Waals surface area contributed by atoms with Crippen molar-refractivity contribution >= 4 is 22.8 Å². The van der Waals surface area contributed by atoms with Gasteiger partial charge in [0.15, 0.2) is 0 Å². The number of aromatic amines is 1. The van der Waals surface area contributed by atoms with Crippen LogP contribution in [0.15, 0.2) is 24.3 Å². The van der Waals surface area contributed by atoms with E-state index in [0.717, 1.165) is 71.9 Å². The minimum atomic E-state index is 0.0333. The molecule has 0 aliphatic carbocycles. The molecule has 3 aromatic rings. The fourth-order valence-electron chi connectivity index (χ4n) is 4.00. The number of ether oxygens (including phenoxy) is 1. The van der Waals surface area contributed by atoms with E-state index in [0.29, 0.717) is 6.42 Å². The molecule has 3 heterocycles. The number of imidazole rings is 1. The van der Waals surface area contributed by atoms with Gasteiger partial charge in [-0.05, 0) is 50.8 Å². The Morgan fingerprint density at radius 2 is 2.18 bits per heavy atom. The Hall–Kier alpha value is -2.60. The maximum atomic E-state index is 12.5. The highest BCUT2D eigenvalue weighted by molar-refractivity contribution is 5.95. The van der Waals surface area contributed by atoms with E-state index in [2.05, 4.69) is 28.7 Å². The number of rotatable bonds is 6. The molecule has 1 aliphatic heterocycles. The number of carbonyl (C=O) groups is 1. The number of nitrogens with one attached hydrogen (secondary N) is 2. The molecule has 28 heavy (non-hydrogen) atoms. The van der Waals surface area contributed by atoms with Crippen molar-refractivity contribution < 1.29 is 9.53 Å². The van der Waals surface area contributed by atoms with Crippen molar-refractivity contribution in [2.75, 3.05) is 11.9 Å². The summed E-state index contributed by atoms with van der Waals surface area (Å²) >= 11 is 0. The smallest absolute Gasteiger partial charge is 0.225 e. The van der Waals surface area contributed by atoms with Crippen molar-refractivity contribution in [3.8, 4) is 11.4 Å². The van der Waals surface area contributed by atoms with Crippen molar-refractivity contribution in [2.24, 2.45) is 0 Å². The summed E-state index contributed by atoms with van der Waals surface area (Å²) in [5.41, 5.74) is 5.15. The molecule has 1 saturated heterocycles. The Balaban J connectivity index is 1.82. The first-order valence-corrected chi connectivity index (χ1v) is 10.1. The molecule has 6 nitrogen and oxygen atoms in total. The molecular weight excluding hydrogens is 352 g/mol. The summed E-state index contributed by atoms with van der Waals surface area (Å²) < 4.78 is 8.06. The lowest BCUT2D eigenvalue weighted by Crippen LogP contribution is -2.20. The van der Waals surface area contributed by atoms with Gasteiger partial charge in [-0.25, -0.2) is 4.98 Å². The minimum Gasteiger partial charge on any atom is -0.376 e. The fraction of sp³-hybridized carbons (Fsp3) is 0.455. The van der Waals surface area contributed by atoms with Gasteiger partial charge in [-0.15, -0.1) is 0 Å². The van der Waals surface area contributed by atoms with Gasteiger partial charge >= 0.3 is 0 Å². The zero-order valence-electron chi connectivity index (χ0n) is 16.8. The van der Waals surface area contributed by atoms with Crippen LogP contribution < -0.4 is 5.32 Å². The molecular formula is C22H28N4O2. The largest absolute Gasteiger partial charge is 0.376 e. The molecule has 0 spiro atoms. The molecule has 1 atom stereocenters. The number of nitrogens with zero attached hydrogens (tertiary/aromatic N) is 2. The van der Waals surface area contributed by atoms with E-state index in [1.165, 1.54) is 0 Å². The SMILES string of the molecule is CCCC(=O)Nc1c(-c2nc3ccccc3[nH]2)c(C)c(C)n1C[C@@H]1CCCO1. The normalized spacial score (nSPS) is 16.8. The first-order valence-electron chi connectivity index (χ1n) is 10.1. The van der Waals surface area contributed by atoms with Gasteiger partial charge in [0.2, 0.25) is 5.91 Å². The van der Waals surface area contributed by atoms with E-state index in [-0.39, 0.29) is 12.0 Å². The topological polar surface area (TPSA) is 71.9 Å². The van der Waals surface area contributed by atoms with Crippen molar-refractivity contribution in [3.05, 3.63) is 35.5 Å². The first-order chi connectivity index (χ1) is 13.6. The molecule has 1 amide bonds. The minimum absolute atomic E-state index is 0.0333. The molecule has 148 valence electrons. The predicted octanol–water partition coefficient (Wildman–Crippen LogP) is 4.57. The van der Waals surface area contributed by atoms with Crippen LogP contribution in [0.2, 0.25) is 0 Å². The van der Waals surface area contributed by atoms with E-state index in [1.54, 1.807) is 0 Å². The van der Waals surface area contributed by atoms with Gasteiger partial charge in [-0.3, -0.25) is 4.79 Å². The number of anilines is 1. The molecule has 6 heteroatoms. The van der Waals surface area contributed by atoms with E-state index >= 15 is 0 Å². The summed E-state index contributed by atoms with van der Waals surface area (Å²) in [7, 11) is 0. The lowest BCUT2D eigenvalue weighted by atomic mass is 10.1. The van der Waals surface area contributed by atoms with E-state index < -0.39 is 0 Å². The molecule has 1 aliphatic rings. The average molecular weight is 380 g/mol. The molecule has 1 fully saturated rings. The van der Waals surface area contributed by atoms with Gasteiger partial charge in [-0.2, -0.15) is 0 Å². The van der Waals surface area contributed by atoms with Crippen LogP contribution in [-0.2, 0) is 16.1 Å². The number of benzene rings is 1. The molecule has 4 rings (SSSR count). The third-order valence-electron chi connectivity index (χ3n) is 5.60. The van der Waals surface area contributed by atoms with Gasteiger partial charge in [-0.1, -0.05) is 19.1 Å². The molecule has 0 saturated carbocycles. The molecule has 1 aromatic carbocycles. The van der Waals surface area contributed by atoms with E-state index in [4.69, 9.17) is 9.72 Å². The predicted molar refractivity (Wildman–Crippen MR) is 112 cm³/mol. The van der Waals surface area contributed by atoms with Crippen LogP contribution in [0.5, 0.6) is 0 Å². The summed E-state index contributed by atoms with van der Waals surface area (Å²) in [5, 5.41) is 3.17. The summed E-state index contributed by atoms with van der Waals surface area (Å²) in [6.07, 6.45) is 3.66. The number of fused-ring (bicyclic) bond motifs is 1. The monoisotopic (exact) mass is 380 g/mol. The van der Waals surface area contributed by atoms with Crippen molar-refractivity contribution in [2.45, 2.75) is 59.1 Å². The fourth-order valence-corrected chi connectivity index (χ4v) is 4.00. The maximum absolute atomic E-state index is 12.5. The van der Waals surface area contributed by atoms with Gasteiger partial charge in [0.25, 0.3) is 0 Å². The van der Waals surface area contributed by atoms with Gasteiger partial charge in [0.1, 0.15) is 11.6 Å². The summed E-state index contributed by atoms with van der Waals surface area (Å²) in [6, 6.07) is 8.00. The van der Waals surface area contributed by atoms with Crippen LogP contribution in [0.25, 0.3) is 22.4 Å². The number of aromatic nitrogens is 3. The number of carbonyl (C=O) groups excluding carboxylic acids is 1. The third kappa shape index (κ3) is 3.44. The zero-order chi connectivity index (χ0) is 19.7.